The summed E-state index contributed by atoms with van der Waals surface area (Å²) in [5.74, 6) is -0.110. The van der Waals surface area contributed by atoms with Crippen molar-refractivity contribution in [2.45, 2.75) is 6.54 Å². The average Bonchev–Trinajstić information content (AvgIpc) is 2.46. The number of hydrogen-bond donors (Lipinski definition) is 0. The van der Waals surface area contributed by atoms with Crippen molar-refractivity contribution in [3.8, 4) is 6.07 Å². The van der Waals surface area contributed by atoms with Crippen LogP contribution in [0.15, 0.2) is 46.9 Å². The van der Waals surface area contributed by atoms with Crippen LogP contribution in [0.25, 0.3) is 0 Å². The van der Waals surface area contributed by atoms with Crippen molar-refractivity contribution in [3.63, 3.8) is 0 Å². The van der Waals surface area contributed by atoms with Crippen LogP contribution in [-0.4, -0.2) is 17.9 Å². The van der Waals surface area contributed by atoms with Crippen LogP contribution in [-0.2, 0) is 6.54 Å². The van der Waals surface area contributed by atoms with Gasteiger partial charge in [-0.3, -0.25) is 4.79 Å². The lowest BCUT2D eigenvalue weighted by Crippen LogP contribution is -2.26. The van der Waals surface area contributed by atoms with Crippen LogP contribution in [0.1, 0.15) is 21.5 Å². The first-order valence-electron chi connectivity index (χ1n) is 6.21. The second-order valence-electron chi connectivity index (χ2n) is 4.60. The topological polar surface area (TPSA) is 44.1 Å². The first-order chi connectivity index (χ1) is 10.0. The SMILES string of the molecule is CN(Cc1cccc(C#N)c1)C(=O)c1ccc(Cl)cc1Br. The number of rotatable bonds is 3. The number of carbonyl (C=O) groups excluding carboxylic acids is 1. The molecule has 0 aromatic heterocycles. The highest BCUT2D eigenvalue weighted by atomic mass is 79.9. The fraction of sp³-hybridized carbons (Fsp3) is 0.125. The standard InChI is InChI=1S/C16H12BrClN2O/c1-20(10-12-4-2-3-11(7-12)9-19)16(21)14-6-5-13(18)8-15(14)17/h2-8H,10H2,1H3. The lowest BCUT2D eigenvalue weighted by atomic mass is 10.1. The molecule has 0 bridgehead atoms. The van der Waals surface area contributed by atoms with E-state index in [-0.39, 0.29) is 5.91 Å². The molecule has 0 N–H and O–H groups in total. The third-order valence-corrected chi connectivity index (χ3v) is 3.88. The number of nitrogens with zero attached hydrogens (tertiary/aromatic N) is 2. The van der Waals surface area contributed by atoms with Crippen molar-refractivity contribution in [1.29, 1.82) is 5.26 Å². The van der Waals surface area contributed by atoms with Gasteiger partial charge in [0.05, 0.1) is 17.2 Å². The van der Waals surface area contributed by atoms with Crippen LogP contribution in [0, 0.1) is 11.3 Å². The molecule has 21 heavy (non-hydrogen) atoms. The molecular formula is C16H12BrClN2O. The summed E-state index contributed by atoms with van der Waals surface area (Å²) in [7, 11) is 1.72. The number of carbonyl (C=O) groups is 1. The van der Waals surface area contributed by atoms with Gasteiger partial charge in [0.25, 0.3) is 5.91 Å². The third kappa shape index (κ3) is 3.84. The molecule has 0 saturated heterocycles. The Balaban J connectivity index is 2.17. The second kappa shape index (κ2) is 6.75. The molecule has 0 unspecified atom stereocenters. The van der Waals surface area contributed by atoms with E-state index in [1.54, 1.807) is 42.3 Å². The molecule has 0 radical (unpaired) electrons. The van der Waals surface area contributed by atoms with Gasteiger partial charge in [0.1, 0.15) is 0 Å². The van der Waals surface area contributed by atoms with Crippen LogP contribution in [0.3, 0.4) is 0 Å². The predicted octanol–water partition coefficient (Wildman–Crippen LogP) is 4.25. The first-order valence-corrected chi connectivity index (χ1v) is 7.38. The third-order valence-electron chi connectivity index (χ3n) is 2.98. The Morgan fingerprint density at radius 3 is 2.76 bits per heavy atom. The minimum Gasteiger partial charge on any atom is -0.337 e. The maximum Gasteiger partial charge on any atom is 0.255 e. The van der Waals surface area contributed by atoms with Crippen molar-refractivity contribution >= 4 is 33.4 Å². The number of amides is 1. The summed E-state index contributed by atoms with van der Waals surface area (Å²) >= 11 is 9.23. The molecule has 5 heteroatoms. The minimum absolute atomic E-state index is 0.110. The van der Waals surface area contributed by atoms with Crippen LogP contribution >= 0.6 is 27.5 Å². The largest absolute Gasteiger partial charge is 0.337 e. The van der Waals surface area contributed by atoms with Gasteiger partial charge in [-0.25, -0.2) is 0 Å². The monoisotopic (exact) mass is 362 g/mol. The molecular weight excluding hydrogens is 352 g/mol. The quantitative estimate of drug-likeness (QED) is 0.818. The molecule has 2 aromatic carbocycles. The molecule has 3 nitrogen and oxygen atoms in total. The Kier molecular flexibility index (Phi) is 5.00. The van der Waals surface area contributed by atoms with E-state index in [2.05, 4.69) is 22.0 Å². The Morgan fingerprint density at radius 1 is 1.33 bits per heavy atom. The predicted molar refractivity (Wildman–Crippen MR) is 86.1 cm³/mol. The molecule has 0 aliphatic carbocycles. The van der Waals surface area contributed by atoms with Gasteiger partial charge in [-0.15, -0.1) is 0 Å². The normalized spacial score (nSPS) is 10.0. The molecule has 0 aliphatic rings. The molecule has 106 valence electrons. The Morgan fingerprint density at radius 2 is 2.10 bits per heavy atom. The maximum atomic E-state index is 12.4. The van der Waals surface area contributed by atoms with Gasteiger partial charge in [-0.1, -0.05) is 23.7 Å². The van der Waals surface area contributed by atoms with Gasteiger partial charge in [0.15, 0.2) is 0 Å². The van der Waals surface area contributed by atoms with Gasteiger partial charge in [-0.05, 0) is 51.8 Å². The summed E-state index contributed by atoms with van der Waals surface area (Å²) in [6.07, 6.45) is 0. The van der Waals surface area contributed by atoms with Crippen molar-refractivity contribution in [2.24, 2.45) is 0 Å². The highest BCUT2D eigenvalue weighted by Gasteiger charge is 2.15. The van der Waals surface area contributed by atoms with Crippen molar-refractivity contribution in [3.05, 3.63) is 68.7 Å². The average molecular weight is 364 g/mol. The fourth-order valence-electron chi connectivity index (χ4n) is 1.95. The Bertz CT molecular complexity index is 724. The van der Waals surface area contributed by atoms with Gasteiger partial charge in [-0.2, -0.15) is 5.26 Å². The summed E-state index contributed by atoms with van der Waals surface area (Å²) < 4.78 is 0.664. The number of hydrogen-bond acceptors (Lipinski definition) is 2. The molecule has 1 amide bonds. The lowest BCUT2D eigenvalue weighted by Gasteiger charge is -2.18. The molecule has 0 atom stereocenters. The van der Waals surface area contributed by atoms with E-state index in [1.165, 1.54) is 0 Å². The zero-order chi connectivity index (χ0) is 15.4. The molecule has 0 fully saturated rings. The van der Waals surface area contributed by atoms with E-state index in [0.717, 1.165) is 5.56 Å². The number of halogens is 2. The van der Waals surface area contributed by atoms with Crippen LogP contribution < -0.4 is 0 Å². The highest BCUT2D eigenvalue weighted by Crippen LogP contribution is 2.23. The van der Waals surface area contributed by atoms with E-state index in [1.807, 2.05) is 12.1 Å². The van der Waals surface area contributed by atoms with E-state index < -0.39 is 0 Å². The summed E-state index contributed by atoms with van der Waals surface area (Å²) in [6, 6.07) is 14.4. The zero-order valence-electron chi connectivity index (χ0n) is 11.3. The van der Waals surface area contributed by atoms with Crippen LogP contribution in [0.2, 0.25) is 5.02 Å². The number of benzene rings is 2. The van der Waals surface area contributed by atoms with Gasteiger partial charge < -0.3 is 4.90 Å². The van der Waals surface area contributed by atoms with Crippen LogP contribution in [0.4, 0.5) is 0 Å². The molecule has 0 spiro atoms. The van der Waals surface area contributed by atoms with Gasteiger partial charge >= 0.3 is 0 Å². The van der Waals surface area contributed by atoms with E-state index in [0.29, 0.717) is 27.2 Å². The fourth-order valence-corrected chi connectivity index (χ4v) is 2.81. The van der Waals surface area contributed by atoms with E-state index in [4.69, 9.17) is 16.9 Å². The Labute approximate surface area is 136 Å². The highest BCUT2D eigenvalue weighted by molar-refractivity contribution is 9.10. The maximum absolute atomic E-state index is 12.4. The zero-order valence-corrected chi connectivity index (χ0v) is 13.6. The van der Waals surface area contributed by atoms with Gasteiger partial charge in [0.2, 0.25) is 0 Å². The van der Waals surface area contributed by atoms with Crippen molar-refractivity contribution in [2.75, 3.05) is 7.05 Å². The smallest absolute Gasteiger partial charge is 0.255 e. The lowest BCUT2D eigenvalue weighted by molar-refractivity contribution is 0.0784. The molecule has 2 aromatic rings. The molecule has 0 heterocycles. The second-order valence-corrected chi connectivity index (χ2v) is 5.89. The van der Waals surface area contributed by atoms with E-state index in [9.17, 15) is 4.79 Å². The number of nitriles is 1. The summed E-state index contributed by atoms with van der Waals surface area (Å²) in [6.45, 7) is 0.434. The van der Waals surface area contributed by atoms with E-state index >= 15 is 0 Å². The van der Waals surface area contributed by atoms with Crippen LogP contribution in [0.5, 0.6) is 0 Å². The summed E-state index contributed by atoms with van der Waals surface area (Å²) in [5, 5.41) is 9.47. The first kappa shape index (κ1) is 15.6. The molecule has 2 rings (SSSR count). The van der Waals surface area contributed by atoms with Crippen molar-refractivity contribution < 1.29 is 4.79 Å². The molecule has 0 saturated carbocycles. The summed E-state index contributed by atoms with van der Waals surface area (Å²) in [4.78, 5) is 14.0. The minimum atomic E-state index is -0.110. The van der Waals surface area contributed by atoms with Crippen molar-refractivity contribution in [1.82, 2.24) is 4.90 Å². The Hall–Kier alpha value is -1.83. The molecule has 0 aliphatic heterocycles. The summed E-state index contributed by atoms with van der Waals surface area (Å²) in [5.41, 5.74) is 2.05. The van der Waals surface area contributed by atoms with Gasteiger partial charge in [0, 0.05) is 23.1 Å².